The van der Waals surface area contributed by atoms with Crippen LogP contribution in [0.5, 0.6) is 0 Å². The molecule has 282 valence electrons. The molecular weight excluding hydrogens is 708 g/mol. The van der Waals surface area contributed by atoms with E-state index in [4.69, 9.17) is 0 Å². The molecule has 0 bridgehead atoms. The van der Waals surface area contributed by atoms with Crippen molar-refractivity contribution in [2.75, 3.05) is 49.5 Å². The van der Waals surface area contributed by atoms with Crippen LogP contribution in [0.2, 0.25) is 0 Å². The molecule has 3 fully saturated rings. The highest BCUT2D eigenvalue weighted by Gasteiger charge is 2.32. The summed E-state index contributed by atoms with van der Waals surface area (Å²) < 4.78 is 55.8. The SMILES string of the molecule is CC(Cc1cccc(S(=O)N2CCC(Nc3ncc(C(F)(F)F)cn3)CC2)c1)CN1CCC(c2ccc3c(N4CCC(=O)NC4=O)nn(C)c3c2)CC1. The minimum Gasteiger partial charge on any atom is -0.351 e. The second-order valence-electron chi connectivity index (χ2n) is 14.4. The number of benzene rings is 2. The van der Waals surface area contributed by atoms with Gasteiger partial charge in [-0.05, 0) is 92.4 Å². The number of nitrogens with zero attached hydrogens (tertiary/aromatic N) is 7. The third kappa shape index (κ3) is 8.54. The van der Waals surface area contributed by atoms with Gasteiger partial charge in [0.2, 0.25) is 11.9 Å². The topological polar surface area (TPSA) is 129 Å². The molecule has 12 nitrogen and oxygen atoms in total. The number of nitrogens with one attached hydrogen (secondary N) is 2. The summed E-state index contributed by atoms with van der Waals surface area (Å²) in [7, 11) is 0.573. The molecule has 3 aliphatic rings. The standard InChI is InChI=1S/C37H44F3N9O3S/c1-24(18-25-4-3-5-30(19-25)53(52)48-15-10-29(11-16-48)43-35-41-21-28(22-42-35)37(38,39)40)23-47-13-8-26(9-14-47)27-6-7-31-32(20-27)46(2)45-34(31)49-17-12-33(50)44-36(49)51/h3-7,19-22,24,26,29H,8-18,23H2,1-2H3,(H,41,42,43)(H,44,50,51). The molecule has 3 aliphatic heterocycles. The number of urea groups is 1. The first-order valence-electron chi connectivity index (χ1n) is 18.1. The Morgan fingerprint density at radius 1 is 0.981 bits per heavy atom. The number of amides is 3. The molecule has 3 amide bonds. The Bertz CT molecular complexity index is 1970. The van der Waals surface area contributed by atoms with Crippen molar-refractivity contribution in [2.45, 2.75) is 68.5 Å². The van der Waals surface area contributed by atoms with Gasteiger partial charge in [-0.15, -0.1) is 0 Å². The van der Waals surface area contributed by atoms with Crippen LogP contribution < -0.4 is 15.5 Å². The summed E-state index contributed by atoms with van der Waals surface area (Å²) in [5.41, 5.74) is 2.52. The highest BCUT2D eigenvalue weighted by Crippen LogP contribution is 2.34. The molecule has 2 aromatic heterocycles. The maximum absolute atomic E-state index is 13.5. The number of likely N-dealkylation sites (tertiary alicyclic amines) is 1. The first kappa shape index (κ1) is 36.9. The van der Waals surface area contributed by atoms with Crippen LogP contribution in [-0.4, -0.2) is 90.4 Å². The van der Waals surface area contributed by atoms with E-state index in [0.717, 1.165) is 72.7 Å². The summed E-state index contributed by atoms with van der Waals surface area (Å²) in [6, 6.07) is 14.0. The van der Waals surface area contributed by atoms with Gasteiger partial charge in [-0.3, -0.25) is 19.7 Å². The van der Waals surface area contributed by atoms with E-state index in [1.165, 1.54) is 10.5 Å². The monoisotopic (exact) mass is 751 g/mol. The second-order valence-corrected chi connectivity index (χ2v) is 15.9. The predicted molar refractivity (Wildman–Crippen MR) is 196 cm³/mol. The number of halogens is 3. The van der Waals surface area contributed by atoms with Gasteiger partial charge in [0, 0.05) is 63.5 Å². The number of fused-ring (bicyclic) bond motifs is 1. The van der Waals surface area contributed by atoms with E-state index < -0.39 is 28.8 Å². The third-order valence-corrected chi connectivity index (χ3v) is 12.0. The molecule has 7 rings (SSSR count). The van der Waals surface area contributed by atoms with Gasteiger partial charge in [0.1, 0.15) is 11.0 Å². The Hall–Kier alpha value is -4.41. The Labute approximate surface area is 308 Å². The molecule has 4 aromatic rings. The number of rotatable bonds is 10. The first-order chi connectivity index (χ1) is 25.4. The van der Waals surface area contributed by atoms with Crippen molar-refractivity contribution in [1.29, 1.82) is 0 Å². The first-order valence-corrected chi connectivity index (χ1v) is 19.2. The van der Waals surface area contributed by atoms with E-state index in [2.05, 4.69) is 61.8 Å². The largest absolute Gasteiger partial charge is 0.419 e. The van der Waals surface area contributed by atoms with Crippen LogP contribution in [0, 0.1) is 5.92 Å². The van der Waals surface area contributed by atoms with Gasteiger partial charge >= 0.3 is 12.2 Å². The fourth-order valence-corrected chi connectivity index (χ4v) is 8.95. The minimum atomic E-state index is -4.48. The van der Waals surface area contributed by atoms with Gasteiger partial charge < -0.3 is 10.2 Å². The van der Waals surface area contributed by atoms with E-state index in [0.29, 0.717) is 50.1 Å². The number of carbonyl (C=O) groups is 2. The molecule has 2 N–H and O–H groups in total. The smallest absolute Gasteiger partial charge is 0.351 e. The molecule has 16 heteroatoms. The van der Waals surface area contributed by atoms with Crippen LogP contribution >= 0.6 is 0 Å². The quantitative estimate of drug-likeness (QED) is 0.218. The lowest BCUT2D eigenvalue weighted by molar-refractivity contribution is -0.138. The van der Waals surface area contributed by atoms with Crippen molar-refractivity contribution in [2.24, 2.45) is 13.0 Å². The number of anilines is 2. The molecule has 2 atom stereocenters. The van der Waals surface area contributed by atoms with Crippen LogP contribution in [-0.2, 0) is 35.4 Å². The molecule has 53 heavy (non-hydrogen) atoms. The molecule has 0 aliphatic carbocycles. The second kappa shape index (κ2) is 15.5. The maximum atomic E-state index is 13.5. The van der Waals surface area contributed by atoms with Crippen molar-refractivity contribution in [3.05, 3.63) is 71.5 Å². The van der Waals surface area contributed by atoms with Crippen molar-refractivity contribution in [3.63, 3.8) is 0 Å². The van der Waals surface area contributed by atoms with Crippen molar-refractivity contribution < 1.29 is 27.0 Å². The molecule has 0 saturated carbocycles. The highest BCUT2D eigenvalue weighted by molar-refractivity contribution is 7.82. The number of piperidine rings is 2. The van der Waals surface area contributed by atoms with Gasteiger partial charge in [-0.1, -0.05) is 25.1 Å². The molecular formula is C37H44F3N9O3S. The summed E-state index contributed by atoms with van der Waals surface area (Å²) in [6.07, 6.45) is 1.67. The Morgan fingerprint density at radius 2 is 1.72 bits per heavy atom. The molecule has 2 aromatic carbocycles. The summed E-state index contributed by atoms with van der Waals surface area (Å²) in [5, 5.41) is 11.0. The van der Waals surface area contributed by atoms with Gasteiger partial charge in [-0.25, -0.2) is 23.3 Å². The van der Waals surface area contributed by atoms with E-state index in [1.54, 1.807) is 0 Å². The Kier molecular flexibility index (Phi) is 10.8. The lowest BCUT2D eigenvalue weighted by atomic mass is 9.88. The average molecular weight is 752 g/mol. The zero-order chi connectivity index (χ0) is 37.3. The van der Waals surface area contributed by atoms with Gasteiger partial charge in [0.25, 0.3) is 0 Å². The van der Waals surface area contributed by atoms with Gasteiger partial charge in [0.05, 0.1) is 16.0 Å². The number of imide groups is 1. The molecule has 0 spiro atoms. The van der Waals surface area contributed by atoms with Gasteiger partial charge in [-0.2, -0.15) is 18.3 Å². The molecule has 3 saturated heterocycles. The molecule has 5 heterocycles. The van der Waals surface area contributed by atoms with Crippen LogP contribution in [0.3, 0.4) is 0 Å². The summed E-state index contributed by atoms with van der Waals surface area (Å²) in [5.74, 6) is 1.32. The predicted octanol–water partition coefficient (Wildman–Crippen LogP) is 5.49. The zero-order valence-electron chi connectivity index (χ0n) is 29.8. The summed E-state index contributed by atoms with van der Waals surface area (Å²) in [4.78, 5) is 36.6. The van der Waals surface area contributed by atoms with Crippen LogP contribution in [0.15, 0.2) is 59.8 Å². The average Bonchev–Trinajstić information content (AvgIpc) is 3.46. The van der Waals surface area contributed by atoms with Crippen molar-refractivity contribution in [1.82, 2.24) is 34.3 Å². The fraction of sp³-hybridized carbons (Fsp3) is 0.486. The summed E-state index contributed by atoms with van der Waals surface area (Å²) >= 11 is 0. The lowest BCUT2D eigenvalue weighted by Crippen LogP contribution is -2.49. The van der Waals surface area contributed by atoms with Crippen LogP contribution in [0.25, 0.3) is 10.9 Å². The van der Waals surface area contributed by atoms with E-state index in [1.807, 2.05) is 34.2 Å². The van der Waals surface area contributed by atoms with E-state index in [9.17, 15) is 27.0 Å². The number of aryl methyl sites for hydroxylation is 1. The number of hydrogen-bond donors (Lipinski definition) is 2. The number of hydrogen-bond acceptors (Lipinski definition) is 8. The number of aromatic nitrogens is 4. The highest BCUT2D eigenvalue weighted by atomic mass is 32.2. The van der Waals surface area contributed by atoms with Gasteiger partial charge in [0.15, 0.2) is 5.82 Å². The Morgan fingerprint density at radius 3 is 2.42 bits per heavy atom. The van der Waals surface area contributed by atoms with E-state index in [-0.39, 0.29) is 24.3 Å². The fourth-order valence-electron chi connectivity index (χ4n) is 7.66. The zero-order valence-corrected chi connectivity index (χ0v) is 30.6. The van der Waals surface area contributed by atoms with Crippen LogP contribution in [0.1, 0.15) is 61.6 Å². The van der Waals surface area contributed by atoms with Crippen LogP contribution in [0.4, 0.5) is 29.7 Å². The lowest BCUT2D eigenvalue weighted by Gasteiger charge is -2.34. The maximum Gasteiger partial charge on any atom is 0.419 e. The van der Waals surface area contributed by atoms with Crippen molar-refractivity contribution >= 4 is 45.6 Å². The van der Waals surface area contributed by atoms with Crippen molar-refractivity contribution in [3.8, 4) is 0 Å². The summed E-state index contributed by atoms with van der Waals surface area (Å²) in [6.45, 7) is 6.73. The van der Waals surface area contributed by atoms with E-state index >= 15 is 0 Å². The normalized spacial score (nSPS) is 19.8. The minimum absolute atomic E-state index is 0.0135. The third-order valence-electron chi connectivity index (χ3n) is 10.5. The number of alkyl halides is 3. The molecule has 2 unspecified atom stereocenters. The Balaban J connectivity index is 0.875. The number of carbonyl (C=O) groups excluding carboxylic acids is 2. The molecule has 0 radical (unpaired) electrons.